The van der Waals surface area contributed by atoms with Crippen LogP contribution < -0.4 is 10.9 Å². The van der Waals surface area contributed by atoms with E-state index in [0.717, 1.165) is 40.7 Å². The van der Waals surface area contributed by atoms with Gasteiger partial charge in [0.15, 0.2) is 10.9 Å². The molecule has 0 N–H and O–H groups in total. The molecule has 0 aliphatic heterocycles. The fourth-order valence-electron chi connectivity index (χ4n) is 3.43. The van der Waals surface area contributed by atoms with Gasteiger partial charge in [-0.15, -0.1) is 22.7 Å². The van der Waals surface area contributed by atoms with Gasteiger partial charge in [-0.1, -0.05) is 23.3 Å². The van der Waals surface area contributed by atoms with Crippen LogP contribution in [0.2, 0.25) is 0 Å². The maximum Gasteiger partial charge on any atom is 0.195 e. The summed E-state index contributed by atoms with van der Waals surface area (Å²) in [5.74, 6) is 0. The van der Waals surface area contributed by atoms with E-state index in [2.05, 4.69) is 0 Å². The molecule has 0 saturated heterocycles. The third kappa shape index (κ3) is 2.23. The number of aryl methyl sites for hydroxylation is 2. The van der Waals surface area contributed by atoms with Crippen LogP contribution >= 0.6 is 22.7 Å². The molecule has 2 heterocycles. The topological polar surface area (TPSA) is 34.1 Å². The van der Waals surface area contributed by atoms with Crippen LogP contribution in [0.5, 0.6) is 0 Å². The van der Waals surface area contributed by atoms with Gasteiger partial charge in [-0.3, -0.25) is 9.59 Å². The molecule has 0 spiro atoms. The Morgan fingerprint density at radius 1 is 0.538 bits per heavy atom. The second-order valence-corrected chi connectivity index (χ2v) is 8.87. The minimum Gasteiger partial charge on any atom is -0.289 e. The summed E-state index contributed by atoms with van der Waals surface area (Å²) >= 11 is 3.14. The van der Waals surface area contributed by atoms with Gasteiger partial charge in [-0.2, -0.15) is 0 Å². The Labute approximate surface area is 157 Å². The maximum absolute atomic E-state index is 13.0. The van der Waals surface area contributed by atoms with Crippen molar-refractivity contribution in [2.75, 3.05) is 0 Å². The van der Waals surface area contributed by atoms with Gasteiger partial charge >= 0.3 is 0 Å². The highest BCUT2D eigenvalue weighted by Crippen LogP contribution is 2.31. The molecule has 3 aromatic carbocycles. The number of hydrogen-bond donors (Lipinski definition) is 0. The van der Waals surface area contributed by atoms with Crippen molar-refractivity contribution in [2.45, 2.75) is 13.8 Å². The van der Waals surface area contributed by atoms with Gasteiger partial charge in [0.1, 0.15) is 0 Å². The average Bonchev–Trinajstić information content (AvgIpc) is 2.63. The predicted octanol–water partition coefficient (Wildman–Crippen LogP) is 5.76. The second-order valence-electron chi connectivity index (χ2n) is 6.71. The molecule has 0 atom stereocenters. The van der Waals surface area contributed by atoms with Crippen LogP contribution in [0, 0.1) is 13.8 Å². The monoisotopic (exact) mass is 374 g/mol. The highest BCUT2D eigenvalue weighted by molar-refractivity contribution is 7.26. The molecule has 0 bridgehead atoms. The lowest BCUT2D eigenvalue weighted by molar-refractivity contribution is 1.51. The molecular formula is C22H14O2S2. The third-order valence-electron chi connectivity index (χ3n) is 4.77. The zero-order chi connectivity index (χ0) is 18.0. The van der Waals surface area contributed by atoms with E-state index in [1.165, 1.54) is 0 Å². The average molecular weight is 374 g/mol. The maximum atomic E-state index is 13.0. The van der Waals surface area contributed by atoms with Gasteiger partial charge in [0.2, 0.25) is 0 Å². The first-order chi connectivity index (χ1) is 12.5. The molecule has 0 unspecified atom stereocenters. The van der Waals surface area contributed by atoms with E-state index >= 15 is 0 Å². The summed E-state index contributed by atoms with van der Waals surface area (Å²) in [5.41, 5.74) is 2.24. The van der Waals surface area contributed by atoms with Gasteiger partial charge in [-0.25, -0.2) is 0 Å². The molecule has 5 rings (SSSR count). The SMILES string of the molecule is Cc1ccc2sc3cc4c(=O)c5cc(C)ccc5sc4cc3c(=O)c2c1. The quantitative estimate of drug-likeness (QED) is 0.323. The molecule has 5 aromatic rings. The van der Waals surface area contributed by atoms with Crippen molar-refractivity contribution >= 4 is 63.0 Å². The van der Waals surface area contributed by atoms with Crippen LogP contribution in [0.3, 0.4) is 0 Å². The molecule has 0 fully saturated rings. The molecule has 0 aliphatic carbocycles. The van der Waals surface area contributed by atoms with Gasteiger partial charge in [0.25, 0.3) is 0 Å². The van der Waals surface area contributed by atoms with E-state index in [4.69, 9.17) is 0 Å². The first-order valence-corrected chi connectivity index (χ1v) is 9.99. The predicted molar refractivity (Wildman–Crippen MR) is 114 cm³/mol. The largest absolute Gasteiger partial charge is 0.289 e. The Bertz CT molecular complexity index is 1370. The van der Waals surface area contributed by atoms with Gasteiger partial charge in [-0.05, 0) is 50.2 Å². The van der Waals surface area contributed by atoms with Crippen LogP contribution in [-0.4, -0.2) is 0 Å². The Morgan fingerprint density at radius 2 is 0.923 bits per heavy atom. The van der Waals surface area contributed by atoms with Crippen molar-refractivity contribution in [1.29, 1.82) is 0 Å². The summed E-state index contributed by atoms with van der Waals surface area (Å²) in [7, 11) is 0. The highest BCUT2D eigenvalue weighted by atomic mass is 32.1. The van der Waals surface area contributed by atoms with Crippen molar-refractivity contribution in [2.24, 2.45) is 0 Å². The summed E-state index contributed by atoms with van der Waals surface area (Å²) in [6.45, 7) is 3.99. The molecule has 2 nitrogen and oxygen atoms in total. The van der Waals surface area contributed by atoms with E-state index in [-0.39, 0.29) is 10.9 Å². The van der Waals surface area contributed by atoms with Gasteiger partial charge in [0, 0.05) is 40.3 Å². The van der Waals surface area contributed by atoms with E-state index in [0.29, 0.717) is 10.8 Å². The van der Waals surface area contributed by atoms with E-state index in [1.807, 2.05) is 62.4 Å². The minimum atomic E-state index is 0.0444. The van der Waals surface area contributed by atoms with Crippen LogP contribution in [0.4, 0.5) is 0 Å². The zero-order valence-corrected chi connectivity index (χ0v) is 15.9. The van der Waals surface area contributed by atoms with Crippen molar-refractivity contribution in [3.63, 3.8) is 0 Å². The number of rotatable bonds is 0. The Hall–Kier alpha value is -2.56. The first-order valence-electron chi connectivity index (χ1n) is 8.36. The van der Waals surface area contributed by atoms with Crippen molar-refractivity contribution in [1.82, 2.24) is 0 Å². The van der Waals surface area contributed by atoms with Gasteiger partial charge < -0.3 is 0 Å². The Kier molecular flexibility index (Phi) is 3.30. The van der Waals surface area contributed by atoms with Crippen molar-refractivity contribution < 1.29 is 0 Å². The van der Waals surface area contributed by atoms with Crippen molar-refractivity contribution in [3.8, 4) is 0 Å². The van der Waals surface area contributed by atoms with E-state index < -0.39 is 0 Å². The molecule has 0 aliphatic rings. The van der Waals surface area contributed by atoms with Crippen molar-refractivity contribution in [3.05, 3.63) is 80.1 Å². The smallest absolute Gasteiger partial charge is 0.195 e. The summed E-state index contributed by atoms with van der Waals surface area (Å²) in [4.78, 5) is 26.0. The van der Waals surface area contributed by atoms with Crippen LogP contribution in [0.25, 0.3) is 40.3 Å². The second kappa shape index (κ2) is 5.47. The summed E-state index contributed by atoms with van der Waals surface area (Å²) in [6, 6.07) is 15.7. The molecule has 0 amide bonds. The number of benzene rings is 3. The summed E-state index contributed by atoms with van der Waals surface area (Å²) < 4.78 is 3.66. The lowest BCUT2D eigenvalue weighted by atomic mass is 10.1. The summed E-state index contributed by atoms with van der Waals surface area (Å²) in [5, 5.41) is 2.90. The standard InChI is InChI=1S/C22H14O2S2/c1-11-3-5-17-13(7-11)21(23)15-9-20-16(10-19(15)25-17)22(24)14-8-12(2)4-6-18(14)26-20/h3-10H,1-2H3. The fraction of sp³-hybridized carbons (Fsp3) is 0.0909. The van der Waals surface area contributed by atoms with E-state index in [9.17, 15) is 9.59 Å². The van der Waals surface area contributed by atoms with Gasteiger partial charge in [0.05, 0.1) is 0 Å². The molecule has 2 aromatic heterocycles. The molecule has 26 heavy (non-hydrogen) atoms. The lowest BCUT2D eigenvalue weighted by Crippen LogP contribution is -2.04. The lowest BCUT2D eigenvalue weighted by Gasteiger charge is -2.06. The van der Waals surface area contributed by atoms with E-state index in [1.54, 1.807) is 22.7 Å². The fourth-order valence-corrected chi connectivity index (χ4v) is 5.58. The molecule has 126 valence electrons. The molecule has 0 saturated carbocycles. The van der Waals surface area contributed by atoms with Crippen LogP contribution in [-0.2, 0) is 0 Å². The molecule has 0 radical (unpaired) electrons. The normalized spacial score (nSPS) is 11.8. The number of fused-ring (bicyclic) bond motifs is 4. The third-order valence-corrected chi connectivity index (χ3v) is 7.04. The Morgan fingerprint density at radius 3 is 1.35 bits per heavy atom. The molecule has 4 heteroatoms. The van der Waals surface area contributed by atoms with Crippen LogP contribution in [0.15, 0.2) is 58.1 Å². The summed E-state index contributed by atoms with van der Waals surface area (Å²) in [6.07, 6.45) is 0. The molecular weight excluding hydrogens is 360 g/mol. The zero-order valence-electron chi connectivity index (χ0n) is 14.3. The number of hydrogen-bond acceptors (Lipinski definition) is 4. The minimum absolute atomic E-state index is 0.0444. The van der Waals surface area contributed by atoms with Crippen LogP contribution in [0.1, 0.15) is 11.1 Å². The highest BCUT2D eigenvalue weighted by Gasteiger charge is 2.12. The first kappa shape index (κ1) is 15.7. The Balaban J connectivity index is 2.00.